The van der Waals surface area contributed by atoms with Crippen LogP contribution in [0.5, 0.6) is 0 Å². The second kappa shape index (κ2) is 5.29. The van der Waals surface area contributed by atoms with Crippen LogP contribution in [-0.2, 0) is 4.79 Å². The fourth-order valence-electron chi connectivity index (χ4n) is 1.15. The fraction of sp³-hybridized carbons (Fsp3) is 0.182. The summed E-state index contributed by atoms with van der Waals surface area (Å²) in [5, 5.41) is 9.13. The lowest BCUT2D eigenvalue weighted by atomic mass is 9.99. The normalized spacial score (nSPS) is 11.5. The number of nitrogens with two attached hydrogens (primary N) is 1. The van der Waals surface area contributed by atoms with Crippen molar-refractivity contribution in [3.05, 3.63) is 34.9 Å². The van der Waals surface area contributed by atoms with Gasteiger partial charge < -0.3 is 5.73 Å². The van der Waals surface area contributed by atoms with E-state index in [0.29, 0.717) is 10.6 Å². The standard InChI is InChI=1S/C11H9ClN2O2/c12-9-3-1-7(2-4-9)10(15)5-8(6-13)11(14)16/h1-4,8H,5H2,(H2,14,16). The lowest BCUT2D eigenvalue weighted by Gasteiger charge is -2.03. The highest BCUT2D eigenvalue weighted by Crippen LogP contribution is 2.13. The average molecular weight is 237 g/mol. The smallest absolute Gasteiger partial charge is 0.235 e. The number of primary amides is 1. The highest BCUT2D eigenvalue weighted by atomic mass is 35.5. The Bertz CT molecular complexity index is 448. The SMILES string of the molecule is N#CC(CC(=O)c1ccc(Cl)cc1)C(N)=O. The third-order valence-electron chi connectivity index (χ3n) is 2.05. The van der Waals surface area contributed by atoms with Crippen LogP contribution in [0.1, 0.15) is 16.8 Å². The van der Waals surface area contributed by atoms with E-state index in [4.69, 9.17) is 22.6 Å². The highest BCUT2D eigenvalue weighted by molar-refractivity contribution is 6.30. The van der Waals surface area contributed by atoms with E-state index in [2.05, 4.69) is 0 Å². The third-order valence-corrected chi connectivity index (χ3v) is 2.31. The monoisotopic (exact) mass is 236 g/mol. The van der Waals surface area contributed by atoms with Crippen molar-refractivity contribution in [1.82, 2.24) is 0 Å². The van der Waals surface area contributed by atoms with Gasteiger partial charge in [0.25, 0.3) is 0 Å². The van der Waals surface area contributed by atoms with Crippen LogP contribution < -0.4 is 5.73 Å². The molecular formula is C11H9ClN2O2. The molecule has 0 bridgehead atoms. The molecule has 0 heterocycles. The van der Waals surface area contributed by atoms with Gasteiger partial charge in [-0.3, -0.25) is 9.59 Å². The van der Waals surface area contributed by atoms with E-state index < -0.39 is 11.8 Å². The molecule has 1 atom stereocenters. The van der Waals surface area contributed by atoms with Crippen molar-refractivity contribution in [3.8, 4) is 6.07 Å². The topological polar surface area (TPSA) is 83.9 Å². The molecular weight excluding hydrogens is 228 g/mol. The molecule has 1 unspecified atom stereocenters. The number of benzene rings is 1. The summed E-state index contributed by atoms with van der Waals surface area (Å²) in [6.07, 6.45) is -0.201. The van der Waals surface area contributed by atoms with Crippen LogP contribution in [0.4, 0.5) is 0 Å². The Kier molecular flexibility index (Phi) is 4.03. The Morgan fingerprint density at radius 3 is 2.38 bits per heavy atom. The molecule has 0 fully saturated rings. The van der Waals surface area contributed by atoms with E-state index in [-0.39, 0.29) is 12.2 Å². The molecule has 2 N–H and O–H groups in total. The summed E-state index contributed by atoms with van der Waals surface area (Å²) >= 11 is 5.66. The molecule has 1 aromatic carbocycles. The van der Waals surface area contributed by atoms with E-state index in [0.717, 1.165) is 0 Å². The van der Waals surface area contributed by atoms with Gasteiger partial charge in [-0.15, -0.1) is 0 Å². The van der Waals surface area contributed by atoms with Crippen LogP contribution in [0.15, 0.2) is 24.3 Å². The molecule has 0 aromatic heterocycles. The Morgan fingerprint density at radius 2 is 1.94 bits per heavy atom. The van der Waals surface area contributed by atoms with E-state index in [9.17, 15) is 9.59 Å². The Balaban J connectivity index is 2.76. The quantitative estimate of drug-likeness (QED) is 0.805. The van der Waals surface area contributed by atoms with Crippen molar-refractivity contribution in [2.75, 3.05) is 0 Å². The lowest BCUT2D eigenvalue weighted by molar-refractivity contribution is -0.120. The molecule has 4 nitrogen and oxygen atoms in total. The van der Waals surface area contributed by atoms with Gasteiger partial charge in [-0.05, 0) is 24.3 Å². The second-order valence-electron chi connectivity index (χ2n) is 3.22. The molecule has 0 saturated heterocycles. The fourth-order valence-corrected chi connectivity index (χ4v) is 1.27. The summed E-state index contributed by atoms with van der Waals surface area (Å²) in [4.78, 5) is 22.4. The molecule has 0 aliphatic rings. The van der Waals surface area contributed by atoms with E-state index in [1.807, 2.05) is 0 Å². The van der Waals surface area contributed by atoms with Crippen molar-refractivity contribution in [2.45, 2.75) is 6.42 Å². The van der Waals surface area contributed by atoms with Crippen LogP contribution in [0, 0.1) is 17.2 Å². The number of amides is 1. The van der Waals surface area contributed by atoms with Crippen LogP contribution in [0.3, 0.4) is 0 Å². The van der Waals surface area contributed by atoms with Gasteiger partial charge in [0.1, 0.15) is 5.92 Å². The third kappa shape index (κ3) is 3.07. The van der Waals surface area contributed by atoms with Crippen LogP contribution in [0.2, 0.25) is 5.02 Å². The predicted molar refractivity (Wildman–Crippen MR) is 58.7 cm³/mol. The predicted octanol–water partition coefficient (Wildman–Crippen LogP) is 1.54. The van der Waals surface area contributed by atoms with Gasteiger partial charge in [-0.25, -0.2) is 0 Å². The number of ketones is 1. The number of nitriles is 1. The molecule has 5 heteroatoms. The summed E-state index contributed by atoms with van der Waals surface area (Å²) in [6, 6.07) is 7.92. The maximum absolute atomic E-state index is 11.6. The van der Waals surface area contributed by atoms with E-state index in [1.165, 1.54) is 0 Å². The maximum Gasteiger partial charge on any atom is 0.235 e. The van der Waals surface area contributed by atoms with Crippen molar-refractivity contribution >= 4 is 23.3 Å². The number of rotatable bonds is 4. The molecule has 0 aliphatic carbocycles. The maximum atomic E-state index is 11.6. The summed E-state index contributed by atoms with van der Waals surface area (Å²) < 4.78 is 0. The number of carbonyl (C=O) groups excluding carboxylic acids is 2. The number of Topliss-reactive ketones (excluding diaryl/α,β-unsaturated/α-hetero) is 1. The number of carbonyl (C=O) groups is 2. The minimum atomic E-state index is -1.08. The first-order valence-corrected chi connectivity index (χ1v) is 4.90. The zero-order valence-electron chi connectivity index (χ0n) is 8.31. The number of hydrogen-bond donors (Lipinski definition) is 1. The van der Waals surface area contributed by atoms with Crippen molar-refractivity contribution in [3.63, 3.8) is 0 Å². The number of nitrogens with zero attached hydrogens (tertiary/aromatic N) is 1. The van der Waals surface area contributed by atoms with Crippen LogP contribution >= 0.6 is 11.6 Å². The molecule has 0 radical (unpaired) electrons. The summed E-state index contributed by atoms with van der Waals surface area (Å²) in [7, 11) is 0. The first-order chi connectivity index (χ1) is 7.54. The van der Waals surface area contributed by atoms with E-state index in [1.54, 1.807) is 30.3 Å². The first kappa shape index (κ1) is 12.2. The second-order valence-corrected chi connectivity index (χ2v) is 3.65. The lowest BCUT2D eigenvalue weighted by Crippen LogP contribution is -2.24. The summed E-state index contributed by atoms with van der Waals surface area (Å²) in [5.41, 5.74) is 5.37. The molecule has 0 aliphatic heterocycles. The van der Waals surface area contributed by atoms with Crippen LogP contribution in [-0.4, -0.2) is 11.7 Å². The van der Waals surface area contributed by atoms with Gasteiger partial charge in [0.15, 0.2) is 5.78 Å². The van der Waals surface area contributed by atoms with Gasteiger partial charge in [0.2, 0.25) is 5.91 Å². The van der Waals surface area contributed by atoms with Gasteiger partial charge in [-0.1, -0.05) is 11.6 Å². The van der Waals surface area contributed by atoms with E-state index >= 15 is 0 Å². The Morgan fingerprint density at radius 1 is 1.38 bits per heavy atom. The number of hydrogen-bond acceptors (Lipinski definition) is 3. The van der Waals surface area contributed by atoms with Gasteiger partial charge >= 0.3 is 0 Å². The molecule has 1 aromatic rings. The molecule has 16 heavy (non-hydrogen) atoms. The first-order valence-electron chi connectivity index (χ1n) is 4.52. The zero-order valence-corrected chi connectivity index (χ0v) is 9.07. The highest BCUT2D eigenvalue weighted by Gasteiger charge is 2.19. The summed E-state index contributed by atoms with van der Waals surface area (Å²) in [6.45, 7) is 0. The molecule has 0 saturated carbocycles. The summed E-state index contributed by atoms with van der Waals surface area (Å²) in [5.74, 6) is -2.17. The van der Waals surface area contributed by atoms with Crippen molar-refractivity contribution in [2.24, 2.45) is 11.7 Å². The van der Waals surface area contributed by atoms with Crippen molar-refractivity contribution in [1.29, 1.82) is 5.26 Å². The molecule has 82 valence electrons. The zero-order chi connectivity index (χ0) is 12.1. The molecule has 0 spiro atoms. The molecule has 1 amide bonds. The minimum absolute atomic E-state index is 0.201. The Labute approximate surface area is 97.6 Å². The number of halogens is 1. The minimum Gasteiger partial charge on any atom is -0.369 e. The van der Waals surface area contributed by atoms with Crippen molar-refractivity contribution < 1.29 is 9.59 Å². The largest absolute Gasteiger partial charge is 0.369 e. The van der Waals surface area contributed by atoms with Gasteiger partial charge in [-0.2, -0.15) is 5.26 Å². The Hall–Kier alpha value is -1.86. The molecule has 1 rings (SSSR count). The van der Waals surface area contributed by atoms with Gasteiger partial charge in [0.05, 0.1) is 6.07 Å². The van der Waals surface area contributed by atoms with Gasteiger partial charge in [0, 0.05) is 17.0 Å². The average Bonchev–Trinajstić information content (AvgIpc) is 2.26. The van der Waals surface area contributed by atoms with Crippen LogP contribution in [0.25, 0.3) is 0 Å².